The molecule has 84 valence electrons. The Morgan fingerprint density at radius 3 is 2.67 bits per heavy atom. The molecular formula is C10H15NO3S. The molecule has 1 fully saturated rings. The number of Topliss-reactive ketones (excluding diaryl/α,β-unsaturated/α-hetero) is 1. The molecule has 0 bridgehead atoms. The number of likely N-dealkylation sites (tertiary alicyclic amines) is 1. The van der Waals surface area contributed by atoms with E-state index >= 15 is 0 Å². The summed E-state index contributed by atoms with van der Waals surface area (Å²) >= 11 is 1.41. The van der Waals surface area contributed by atoms with Crippen LogP contribution in [0.2, 0.25) is 0 Å². The Balaban J connectivity index is 2.44. The fraction of sp³-hybridized carbons (Fsp3) is 0.700. The molecule has 1 unspecified atom stereocenters. The van der Waals surface area contributed by atoms with Gasteiger partial charge in [0.2, 0.25) is 11.8 Å². The van der Waals surface area contributed by atoms with Gasteiger partial charge in [-0.15, -0.1) is 0 Å². The number of carbonyl (C=O) groups excluding carboxylic acids is 3. The molecule has 0 saturated carbocycles. The molecule has 0 aromatic heterocycles. The maximum atomic E-state index is 11.6. The number of hydrogen-bond donors (Lipinski definition) is 0. The van der Waals surface area contributed by atoms with Gasteiger partial charge in [-0.05, 0) is 19.6 Å². The molecular weight excluding hydrogens is 214 g/mol. The molecule has 0 N–H and O–H groups in total. The van der Waals surface area contributed by atoms with E-state index in [0.717, 1.165) is 0 Å². The SMILES string of the molecule is CSC1CC(=O)N(CCCC(C)=O)C1=O. The molecule has 0 radical (unpaired) electrons. The lowest BCUT2D eigenvalue weighted by Crippen LogP contribution is -2.32. The van der Waals surface area contributed by atoms with Crippen LogP contribution in [0.15, 0.2) is 0 Å². The predicted molar refractivity (Wildman–Crippen MR) is 58.6 cm³/mol. The Kier molecular flexibility index (Phi) is 4.32. The Morgan fingerprint density at radius 2 is 2.20 bits per heavy atom. The topological polar surface area (TPSA) is 54.5 Å². The Labute approximate surface area is 93.4 Å². The minimum atomic E-state index is -0.213. The number of amides is 2. The predicted octanol–water partition coefficient (Wildman–Crippen LogP) is 0.846. The lowest BCUT2D eigenvalue weighted by atomic mass is 10.2. The van der Waals surface area contributed by atoms with E-state index in [4.69, 9.17) is 0 Å². The first kappa shape index (κ1) is 12.2. The summed E-state index contributed by atoms with van der Waals surface area (Å²) in [5.41, 5.74) is 0. The van der Waals surface area contributed by atoms with E-state index in [9.17, 15) is 14.4 Å². The van der Waals surface area contributed by atoms with Gasteiger partial charge in [0.1, 0.15) is 5.78 Å². The van der Waals surface area contributed by atoms with E-state index in [2.05, 4.69) is 0 Å². The zero-order valence-corrected chi connectivity index (χ0v) is 9.80. The maximum absolute atomic E-state index is 11.6. The van der Waals surface area contributed by atoms with Gasteiger partial charge in [-0.2, -0.15) is 11.8 Å². The maximum Gasteiger partial charge on any atom is 0.242 e. The smallest absolute Gasteiger partial charge is 0.242 e. The van der Waals surface area contributed by atoms with Crippen molar-refractivity contribution < 1.29 is 14.4 Å². The van der Waals surface area contributed by atoms with Crippen LogP contribution in [-0.2, 0) is 14.4 Å². The van der Waals surface area contributed by atoms with Gasteiger partial charge in [0.05, 0.1) is 5.25 Å². The fourth-order valence-corrected chi connectivity index (χ4v) is 2.20. The number of nitrogens with zero attached hydrogens (tertiary/aromatic N) is 1. The summed E-state index contributed by atoms with van der Waals surface area (Å²) in [6.45, 7) is 1.90. The molecule has 2 amide bonds. The van der Waals surface area contributed by atoms with E-state index in [0.29, 0.717) is 25.8 Å². The summed E-state index contributed by atoms with van der Waals surface area (Å²) in [5.74, 6) is -0.116. The first-order valence-electron chi connectivity index (χ1n) is 4.92. The molecule has 4 nitrogen and oxygen atoms in total. The summed E-state index contributed by atoms with van der Waals surface area (Å²) in [6.07, 6.45) is 3.14. The van der Waals surface area contributed by atoms with Crippen molar-refractivity contribution >= 4 is 29.4 Å². The van der Waals surface area contributed by atoms with Crippen LogP contribution in [0.4, 0.5) is 0 Å². The van der Waals surface area contributed by atoms with E-state index in [1.54, 1.807) is 0 Å². The largest absolute Gasteiger partial charge is 0.300 e. The summed E-state index contributed by atoms with van der Waals surface area (Å²) in [4.78, 5) is 35.0. The molecule has 0 spiro atoms. The van der Waals surface area contributed by atoms with E-state index < -0.39 is 0 Å². The minimum absolute atomic E-state index is 0.0931. The molecule has 1 aliphatic rings. The highest BCUT2D eigenvalue weighted by Crippen LogP contribution is 2.23. The van der Waals surface area contributed by atoms with E-state index in [-0.39, 0.29) is 22.8 Å². The average Bonchev–Trinajstić information content (AvgIpc) is 2.44. The second-order valence-electron chi connectivity index (χ2n) is 3.62. The van der Waals surface area contributed by atoms with Crippen LogP contribution < -0.4 is 0 Å². The zero-order chi connectivity index (χ0) is 11.4. The Morgan fingerprint density at radius 1 is 1.53 bits per heavy atom. The molecule has 1 heterocycles. The van der Waals surface area contributed by atoms with Crippen molar-refractivity contribution in [1.29, 1.82) is 0 Å². The number of hydrogen-bond acceptors (Lipinski definition) is 4. The summed E-state index contributed by atoms with van der Waals surface area (Å²) in [6, 6.07) is 0. The zero-order valence-electron chi connectivity index (χ0n) is 8.99. The number of carbonyl (C=O) groups is 3. The first-order chi connectivity index (χ1) is 7.06. The number of ketones is 1. The van der Waals surface area contributed by atoms with Crippen molar-refractivity contribution in [3.63, 3.8) is 0 Å². The van der Waals surface area contributed by atoms with E-state index in [1.807, 2.05) is 6.26 Å². The van der Waals surface area contributed by atoms with Crippen LogP contribution in [0.25, 0.3) is 0 Å². The van der Waals surface area contributed by atoms with Crippen LogP contribution in [0, 0.1) is 0 Å². The standard InChI is InChI=1S/C10H15NO3S/c1-7(12)4-3-5-11-9(13)6-8(15-2)10(11)14/h8H,3-6H2,1-2H3. The number of imide groups is 1. The monoisotopic (exact) mass is 229 g/mol. The van der Waals surface area contributed by atoms with Crippen LogP contribution in [-0.4, -0.2) is 40.5 Å². The molecule has 1 saturated heterocycles. The molecule has 5 heteroatoms. The van der Waals surface area contributed by atoms with Gasteiger partial charge < -0.3 is 4.79 Å². The Bertz CT molecular complexity index is 290. The van der Waals surface area contributed by atoms with Crippen LogP contribution in [0.1, 0.15) is 26.2 Å². The minimum Gasteiger partial charge on any atom is -0.300 e. The van der Waals surface area contributed by atoms with Gasteiger partial charge in [-0.25, -0.2) is 0 Å². The van der Waals surface area contributed by atoms with Crippen molar-refractivity contribution in [2.75, 3.05) is 12.8 Å². The van der Waals surface area contributed by atoms with Gasteiger partial charge in [-0.1, -0.05) is 0 Å². The van der Waals surface area contributed by atoms with Crippen molar-refractivity contribution in [1.82, 2.24) is 4.90 Å². The van der Waals surface area contributed by atoms with Gasteiger partial charge in [0, 0.05) is 19.4 Å². The van der Waals surface area contributed by atoms with Crippen LogP contribution >= 0.6 is 11.8 Å². The first-order valence-corrected chi connectivity index (χ1v) is 6.21. The quantitative estimate of drug-likeness (QED) is 0.656. The lowest BCUT2D eigenvalue weighted by molar-refractivity contribution is -0.138. The normalized spacial score (nSPS) is 21.2. The van der Waals surface area contributed by atoms with Gasteiger partial charge in [-0.3, -0.25) is 14.5 Å². The van der Waals surface area contributed by atoms with Gasteiger partial charge in [0.25, 0.3) is 0 Å². The summed E-state index contributed by atoms with van der Waals surface area (Å²) < 4.78 is 0. The van der Waals surface area contributed by atoms with Crippen molar-refractivity contribution in [2.24, 2.45) is 0 Å². The molecule has 0 aromatic carbocycles. The van der Waals surface area contributed by atoms with E-state index in [1.165, 1.54) is 23.6 Å². The van der Waals surface area contributed by atoms with Crippen LogP contribution in [0.3, 0.4) is 0 Å². The average molecular weight is 229 g/mol. The summed E-state index contributed by atoms with van der Waals surface area (Å²) in [5, 5.41) is -0.213. The fourth-order valence-electron chi connectivity index (χ4n) is 1.56. The van der Waals surface area contributed by atoms with Crippen molar-refractivity contribution in [3.05, 3.63) is 0 Å². The third kappa shape index (κ3) is 3.06. The molecule has 1 aliphatic heterocycles. The highest BCUT2D eigenvalue weighted by molar-refractivity contribution is 8.00. The molecule has 1 rings (SSSR count). The summed E-state index contributed by atoms with van der Waals surface area (Å²) in [7, 11) is 0. The van der Waals surface area contributed by atoms with Gasteiger partial charge in [0.15, 0.2) is 0 Å². The lowest BCUT2D eigenvalue weighted by Gasteiger charge is -2.13. The number of rotatable bonds is 5. The molecule has 0 aromatic rings. The third-order valence-corrected chi connectivity index (χ3v) is 3.33. The highest BCUT2D eigenvalue weighted by Gasteiger charge is 2.37. The molecule has 1 atom stereocenters. The second-order valence-corrected chi connectivity index (χ2v) is 4.66. The third-order valence-electron chi connectivity index (χ3n) is 2.40. The van der Waals surface area contributed by atoms with Crippen LogP contribution in [0.5, 0.6) is 0 Å². The van der Waals surface area contributed by atoms with Gasteiger partial charge >= 0.3 is 0 Å². The molecule has 15 heavy (non-hydrogen) atoms. The number of thioether (sulfide) groups is 1. The second kappa shape index (κ2) is 5.30. The van der Waals surface area contributed by atoms with Crippen molar-refractivity contribution in [2.45, 2.75) is 31.4 Å². The van der Waals surface area contributed by atoms with Crippen molar-refractivity contribution in [3.8, 4) is 0 Å². The molecule has 0 aliphatic carbocycles. The highest BCUT2D eigenvalue weighted by atomic mass is 32.2. The Hall–Kier alpha value is -0.840.